The Morgan fingerprint density at radius 1 is 0.968 bits per heavy atom. The molecule has 0 saturated carbocycles. The summed E-state index contributed by atoms with van der Waals surface area (Å²) in [6.07, 6.45) is 0.649. The van der Waals surface area contributed by atoms with Crippen LogP contribution in [0, 0.1) is 18.8 Å². The van der Waals surface area contributed by atoms with Crippen molar-refractivity contribution >= 4 is 22.6 Å². The average molecular weight is 465 g/mol. The molecule has 0 radical (unpaired) electrons. The topological polar surface area (TPSA) is 44.8 Å². The maximum Gasteiger partial charge on any atom is 0.309 e. The molecule has 0 N–H and O–H groups in total. The molecule has 1 aromatic carbocycles. The van der Waals surface area contributed by atoms with Gasteiger partial charge in [0.25, 0.3) is 0 Å². The van der Waals surface area contributed by atoms with Gasteiger partial charge in [0.1, 0.15) is 11.5 Å². The van der Waals surface area contributed by atoms with E-state index in [0.29, 0.717) is 13.0 Å². The highest BCUT2D eigenvalue weighted by molar-refractivity contribution is 6.75. The van der Waals surface area contributed by atoms with Gasteiger partial charge in [-0.3, -0.25) is 4.79 Å². The van der Waals surface area contributed by atoms with E-state index in [9.17, 15) is 4.79 Å². The van der Waals surface area contributed by atoms with Crippen LogP contribution in [0.25, 0.3) is 0 Å². The van der Waals surface area contributed by atoms with Crippen LogP contribution < -0.4 is 8.85 Å². The van der Waals surface area contributed by atoms with Crippen LogP contribution in [0.3, 0.4) is 0 Å². The van der Waals surface area contributed by atoms with Gasteiger partial charge in [-0.25, -0.2) is 0 Å². The Labute approximate surface area is 192 Å². The van der Waals surface area contributed by atoms with Gasteiger partial charge in [0.2, 0.25) is 16.6 Å². The van der Waals surface area contributed by atoms with Crippen molar-refractivity contribution < 1.29 is 18.4 Å². The highest BCUT2D eigenvalue weighted by atomic mass is 28.4. The summed E-state index contributed by atoms with van der Waals surface area (Å²) in [6, 6.07) is 4.20. The number of benzene rings is 1. The molecule has 1 aliphatic heterocycles. The van der Waals surface area contributed by atoms with Crippen LogP contribution in [-0.2, 0) is 16.0 Å². The molecule has 31 heavy (non-hydrogen) atoms. The van der Waals surface area contributed by atoms with Crippen molar-refractivity contribution in [3.8, 4) is 11.5 Å². The number of carbonyl (C=O) groups excluding carboxylic acids is 1. The second-order valence-electron chi connectivity index (χ2n) is 12.4. The maximum atomic E-state index is 12.3. The molecule has 2 rings (SSSR count). The molecule has 176 valence electrons. The molecule has 1 fully saturated rings. The highest BCUT2D eigenvalue weighted by Gasteiger charge is 2.42. The first-order valence-corrected chi connectivity index (χ1v) is 17.4. The lowest BCUT2D eigenvalue weighted by molar-refractivity contribution is -0.141. The normalized spacial score (nSPS) is 20.6. The van der Waals surface area contributed by atoms with E-state index in [2.05, 4.69) is 93.7 Å². The number of cyclic esters (lactones) is 1. The summed E-state index contributed by atoms with van der Waals surface area (Å²) in [4.78, 5) is 12.3. The number of hydrogen-bond acceptors (Lipinski definition) is 4. The Balaban J connectivity index is 2.52. The van der Waals surface area contributed by atoms with Gasteiger partial charge in [-0.1, -0.05) is 48.5 Å². The van der Waals surface area contributed by atoms with Crippen LogP contribution in [0.4, 0.5) is 0 Å². The molecular weight excluding hydrogens is 420 g/mol. The lowest BCUT2D eigenvalue weighted by Crippen LogP contribution is -2.44. The minimum atomic E-state index is -2.07. The van der Waals surface area contributed by atoms with Crippen LogP contribution >= 0.6 is 0 Å². The van der Waals surface area contributed by atoms with E-state index in [1.54, 1.807) is 0 Å². The first kappa shape index (κ1) is 26.0. The molecule has 4 nitrogen and oxygen atoms in total. The summed E-state index contributed by atoms with van der Waals surface area (Å²) < 4.78 is 18.8. The number of carbonyl (C=O) groups is 1. The van der Waals surface area contributed by atoms with Crippen molar-refractivity contribution in [1.29, 1.82) is 0 Å². The van der Waals surface area contributed by atoms with Gasteiger partial charge in [0.15, 0.2) is 0 Å². The van der Waals surface area contributed by atoms with Crippen LogP contribution in [0.2, 0.25) is 36.3 Å². The first-order valence-electron chi connectivity index (χ1n) is 11.5. The first-order chi connectivity index (χ1) is 13.9. The number of ether oxygens (including phenoxy) is 1. The Bertz CT molecular complexity index is 816. The fourth-order valence-electron chi connectivity index (χ4n) is 3.21. The quantitative estimate of drug-likeness (QED) is 0.332. The molecule has 6 heteroatoms. The largest absolute Gasteiger partial charge is 0.543 e. The SMILES string of the molecule is Cc1cc(O[Si](C)(C)C(C)(C)C)cc(O[Si](C)(C)C(C)(C)C)c1C[C@H]1C(=O)OC[C@@H]1C. The van der Waals surface area contributed by atoms with Crippen LogP contribution in [0.1, 0.15) is 59.6 Å². The van der Waals surface area contributed by atoms with Crippen LogP contribution in [0.15, 0.2) is 12.1 Å². The molecule has 0 amide bonds. The van der Waals surface area contributed by atoms with Gasteiger partial charge in [0.05, 0.1) is 12.5 Å². The van der Waals surface area contributed by atoms with Gasteiger partial charge >= 0.3 is 5.97 Å². The summed E-state index contributed by atoms with van der Waals surface area (Å²) in [5, 5.41) is 0.192. The van der Waals surface area contributed by atoms with E-state index in [0.717, 1.165) is 22.6 Å². The van der Waals surface area contributed by atoms with Crippen molar-refractivity contribution in [2.24, 2.45) is 11.8 Å². The molecule has 2 atom stereocenters. The molecule has 1 aromatic rings. The molecule has 0 aromatic heterocycles. The van der Waals surface area contributed by atoms with E-state index in [1.165, 1.54) is 0 Å². The number of esters is 1. The monoisotopic (exact) mass is 464 g/mol. The van der Waals surface area contributed by atoms with Gasteiger partial charge < -0.3 is 13.6 Å². The number of hydrogen-bond donors (Lipinski definition) is 0. The fourth-order valence-corrected chi connectivity index (χ4v) is 5.26. The van der Waals surface area contributed by atoms with E-state index in [-0.39, 0.29) is 27.9 Å². The van der Waals surface area contributed by atoms with Crippen molar-refractivity contribution in [3.63, 3.8) is 0 Å². The van der Waals surface area contributed by atoms with Crippen molar-refractivity contribution in [3.05, 3.63) is 23.3 Å². The van der Waals surface area contributed by atoms with E-state index >= 15 is 0 Å². The molecule has 0 aliphatic carbocycles. The third-order valence-electron chi connectivity index (χ3n) is 7.66. The molecular formula is C25H44O4Si2. The van der Waals surface area contributed by atoms with Gasteiger partial charge in [-0.05, 0) is 66.8 Å². The van der Waals surface area contributed by atoms with Crippen LogP contribution in [0.5, 0.6) is 11.5 Å². The Morgan fingerprint density at radius 3 is 1.94 bits per heavy atom. The molecule has 1 aliphatic rings. The zero-order valence-electron chi connectivity index (χ0n) is 21.9. The summed E-state index contributed by atoms with van der Waals surface area (Å²) in [7, 11) is -4.05. The van der Waals surface area contributed by atoms with Crippen molar-refractivity contribution in [2.75, 3.05) is 6.61 Å². The summed E-state index contributed by atoms with van der Waals surface area (Å²) in [6.45, 7) is 27.3. The fraction of sp³-hybridized carbons (Fsp3) is 0.720. The zero-order chi connectivity index (χ0) is 24.0. The third kappa shape index (κ3) is 5.75. The number of rotatable bonds is 6. The predicted molar refractivity (Wildman–Crippen MR) is 134 cm³/mol. The Hall–Kier alpha value is -1.28. The average Bonchev–Trinajstić information content (AvgIpc) is 2.86. The smallest absolute Gasteiger partial charge is 0.309 e. The van der Waals surface area contributed by atoms with Crippen molar-refractivity contribution in [2.45, 2.75) is 98.1 Å². The second-order valence-corrected chi connectivity index (χ2v) is 21.8. The zero-order valence-corrected chi connectivity index (χ0v) is 23.9. The molecule has 0 spiro atoms. The molecule has 0 bridgehead atoms. The lowest BCUT2D eigenvalue weighted by Gasteiger charge is -2.39. The minimum Gasteiger partial charge on any atom is -0.543 e. The summed E-state index contributed by atoms with van der Waals surface area (Å²) in [5.41, 5.74) is 2.24. The second kappa shape index (κ2) is 8.58. The van der Waals surface area contributed by atoms with Gasteiger partial charge in [-0.15, -0.1) is 0 Å². The Morgan fingerprint density at radius 2 is 1.48 bits per heavy atom. The standard InChI is InChI=1S/C25H44O4Si2/c1-17-13-19(28-30(9,10)24(3,4)5)14-22(29-31(11,12)25(6,7)8)20(17)15-21-18(2)16-27-23(21)26/h13-14,18,21H,15-16H2,1-12H3/t18-,21+/m0/s1. The van der Waals surface area contributed by atoms with Crippen molar-refractivity contribution in [1.82, 2.24) is 0 Å². The number of aryl methyl sites for hydroxylation is 1. The van der Waals surface area contributed by atoms with Gasteiger partial charge in [-0.2, -0.15) is 0 Å². The third-order valence-corrected chi connectivity index (χ3v) is 16.4. The molecule has 0 unspecified atom stereocenters. The molecule has 1 saturated heterocycles. The predicted octanol–water partition coefficient (Wildman–Crippen LogP) is 7.11. The van der Waals surface area contributed by atoms with E-state index < -0.39 is 16.6 Å². The van der Waals surface area contributed by atoms with Crippen LogP contribution in [-0.4, -0.2) is 29.2 Å². The van der Waals surface area contributed by atoms with E-state index in [1.807, 2.05) is 0 Å². The highest BCUT2D eigenvalue weighted by Crippen LogP contribution is 2.43. The summed E-state index contributed by atoms with van der Waals surface area (Å²) >= 11 is 0. The maximum absolute atomic E-state index is 12.3. The Kier molecular flexibility index (Phi) is 7.19. The van der Waals surface area contributed by atoms with Gasteiger partial charge in [0, 0.05) is 12.0 Å². The molecule has 1 heterocycles. The minimum absolute atomic E-state index is 0.0774. The lowest BCUT2D eigenvalue weighted by atomic mass is 9.88. The summed E-state index contributed by atoms with van der Waals surface area (Å²) in [5.74, 6) is 1.77. The van der Waals surface area contributed by atoms with E-state index in [4.69, 9.17) is 13.6 Å².